The van der Waals surface area contributed by atoms with Crippen molar-refractivity contribution in [3.8, 4) is 6.07 Å². The van der Waals surface area contributed by atoms with E-state index in [-0.39, 0.29) is 11.9 Å². The van der Waals surface area contributed by atoms with E-state index in [4.69, 9.17) is 5.26 Å². The molecule has 0 saturated carbocycles. The number of carbonyl (C=O) groups is 1. The van der Waals surface area contributed by atoms with Gasteiger partial charge in [-0.15, -0.1) is 0 Å². The number of carbonyl (C=O) groups excluding carboxylic acids is 1. The summed E-state index contributed by atoms with van der Waals surface area (Å²) in [6.07, 6.45) is 4.29. The van der Waals surface area contributed by atoms with Crippen molar-refractivity contribution >= 4 is 5.91 Å². The van der Waals surface area contributed by atoms with Gasteiger partial charge in [0.15, 0.2) is 0 Å². The van der Waals surface area contributed by atoms with Gasteiger partial charge in [0.2, 0.25) is 5.91 Å². The molecule has 4 heteroatoms. The molecular weight excluding hydrogens is 202 g/mol. The van der Waals surface area contributed by atoms with Gasteiger partial charge in [-0.3, -0.25) is 4.79 Å². The van der Waals surface area contributed by atoms with E-state index in [0.29, 0.717) is 6.42 Å². The summed E-state index contributed by atoms with van der Waals surface area (Å²) in [5, 5.41) is 14.9. The maximum atomic E-state index is 12.1. The zero-order valence-electron chi connectivity index (χ0n) is 10.2. The van der Waals surface area contributed by atoms with Crippen molar-refractivity contribution in [3.05, 3.63) is 0 Å². The van der Waals surface area contributed by atoms with E-state index in [1.807, 2.05) is 13.8 Å². The smallest absolute Gasteiger partial charge is 0.240 e. The van der Waals surface area contributed by atoms with Gasteiger partial charge in [-0.1, -0.05) is 6.92 Å². The molecule has 1 saturated heterocycles. The second-order valence-corrected chi connectivity index (χ2v) is 4.66. The molecule has 0 radical (unpaired) electrons. The van der Waals surface area contributed by atoms with Crippen LogP contribution >= 0.6 is 0 Å². The minimum atomic E-state index is -0.443. The van der Waals surface area contributed by atoms with Crippen molar-refractivity contribution in [1.29, 1.82) is 5.26 Å². The van der Waals surface area contributed by atoms with Gasteiger partial charge in [0.05, 0.1) is 18.0 Å². The molecule has 0 aromatic rings. The van der Waals surface area contributed by atoms with Crippen LogP contribution in [-0.2, 0) is 4.79 Å². The molecule has 0 aliphatic carbocycles. The van der Waals surface area contributed by atoms with E-state index >= 15 is 0 Å². The average molecular weight is 223 g/mol. The topological polar surface area (TPSA) is 64.9 Å². The Morgan fingerprint density at radius 2 is 2.38 bits per heavy atom. The second-order valence-electron chi connectivity index (χ2n) is 4.66. The molecule has 0 spiro atoms. The van der Waals surface area contributed by atoms with Crippen LogP contribution in [0.2, 0.25) is 0 Å². The van der Waals surface area contributed by atoms with Gasteiger partial charge >= 0.3 is 0 Å². The van der Waals surface area contributed by atoms with Gasteiger partial charge in [-0.2, -0.15) is 5.26 Å². The minimum absolute atomic E-state index is 0.0157. The number of amides is 1. The molecule has 1 fully saturated rings. The zero-order chi connectivity index (χ0) is 12.0. The van der Waals surface area contributed by atoms with Gasteiger partial charge in [-0.25, -0.2) is 0 Å². The monoisotopic (exact) mass is 223 g/mol. The number of rotatable bonds is 4. The number of hydrogen-bond donors (Lipinski definition) is 2. The third-order valence-electron chi connectivity index (χ3n) is 3.29. The summed E-state index contributed by atoms with van der Waals surface area (Å²) in [7, 11) is 0. The van der Waals surface area contributed by atoms with Crippen LogP contribution in [0.4, 0.5) is 0 Å². The van der Waals surface area contributed by atoms with Crippen molar-refractivity contribution in [2.45, 2.75) is 57.5 Å². The number of nitrogens with one attached hydrogen (secondary N) is 2. The fraction of sp³-hybridized carbons (Fsp3) is 0.833. The Kier molecular flexibility index (Phi) is 4.75. The summed E-state index contributed by atoms with van der Waals surface area (Å²) >= 11 is 0. The number of nitriles is 1. The highest BCUT2D eigenvalue weighted by Crippen LogP contribution is 2.19. The summed E-state index contributed by atoms with van der Waals surface area (Å²) in [4.78, 5) is 12.1. The van der Waals surface area contributed by atoms with E-state index < -0.39 is 5.54 Å². The van der Waals surface area contributed by atoms with Crippen molar-refractivity contribution in [2.75, 3.05) is 6.54 Å². The molecule has 0 aromatic heterocycles. The average Bonchev–Trinajstić information content (AvgIpc) is 2.29. The van der Waals surface area contributed by atoms with Crippen LogP contribution < -0.4 is 10.6 Å². The predicted molar refractivity (Wildman–Crippen MR) is 62.7 cm³/mol. The Bertz CT molecular complexity index is 276. The first-order valence-electron chi connectivity index (χ1n) is 6.05. The summed E-state index contributed by atoms with van der Waals surface area (Å²) in [5.41, 5.74) is -0.443. The van der Waals surface area contributed by atoms with E-state index in [2.05, 4.69) is 16.7 Å². The van der Waals surface area contributed by atoms with Crippen molar-refractivity contribution < 1.29 is 4.79 Å². The van der Waals surface area contributed by atoms with Crippen molar-refractivity contribution in [3.63, 3.8) is 0 Å². The Morgan fingerprint density at radius 1 is 1.62 bits per heavy atom. The molecule has 0 aromatic carbocycles. The zero-order valence-corrected chi connectivity index (χ0v) is 10.2. The number of hydrogen-bond acceptors (Lipinski definition) is 3. The van der Waals surface area contributed by atoms with Crippen LogP contribution in [-0.4, -0.2) is 24.0 Å². The first-order chi connectivity index (χ1) is 7.62. The van der Waals surface area contributed by atoms with Crippen LogP contribution in [0.25, 0.3) is 0 Å². The maximum absolute atomic E-state index is 12.1. The molecule has 0 bridgehead atoms. The summed E-state index contributed by atoms with van der Waals surface area (Å²) < 4.78 is 0. The molecule has 1 aliphatic rings. The normalized spacial score (nSPS) is 26.8. The molecule has 90 valence electrons. The Hall–Kier alpha value is -1.08. The maximum Gasteiger partial charge on any atom is 0.240 e. The van der Waals surface area contributed by atoms with Gasteiger partial charge in [-0.05, 0) is 39.2 Å². The largest absolute Gasteiger partial charge is 0.351 e. The number of nitrogens with zero attached hydrogens (tertiary/aromatic N) is 1. The fourth-order valence-electron chi connectivity index (χ4n) is 2.00. The SMILES string of the molecule is CCC(CC#N)NC(=O)C1(C)CCCCN1. The summed E-state index contributed by atoms with van der Waals surface area (Å²) in [5.74, 6) is 0.0364. The van der Waals surface area contributed by atoms with E-state index in [9.17, 15) is 4.79 Å². The van der Waals surface area contributed by atoms with Crippen LogP contribution in [0.15, 0.2) is 0 Å². The Balaban J connectivity index is 2.52. The van der Waals surface area contributed by atoms with Gasteiger partial charge in [0.1, 0.15) is 0 Å². The second kappa shape index (κ2) is 5.86. The Morgan fingerprint density at radius 3 is 2.88 bits per heavy atom. The predicted octanol–water partition coefficient (Wildman–Crippen LogP) is 1.33. The lowest BCUT2D eigenvalue weighted by atomic mass is 9.89. The molecule has 1 aliphatic heterocycles. The summed E-state index contributed by atoms with van der Waals surface area (Å²) in [6.45, 7) is 4.83. The summed E-state index contributed by atoms with van der Waals surface area (Å²) in [6, 6.07) is 2.09. The molecule has 4 nitrogen and oxygen atoms in total. The molecule has 16 heavy (non-hydrogen) atoms. The first kappa shape index (κ1) is 13.0. The lowest BCUT2D eigenvalue weighted by Crippen LogP contribution is -2.58. The standard InChI is InChI=1S/C12H21N3O/c1-3-10(6-8-13)15-11(16)12(2)7-4-5-9-14-12/h10,14H,3-7,9H2,1-2H3,(H,15,16). The van der Waals surface area contributed by atoms with E-state index in [1.165, 1.54) is 0 Å². The van der Waals surface area contributed by atoms with Crippen LogP contribution in [0, 0.1) is 11.3 Å². The molecule has 2 unspecified atom stereocenters. The van der Waals surface area contributed by atoms with Crippen molar-refractivity contribution in [1.82, 2.24) is 10.6 Å². The highest BCUT2D eigenvalue weighted by Gasteiger charge is 2.34. The van der Waals surface area contributed by atoms with Crippen LogP contribution in [0.3, 0.4) is 0 Å². The van der Waals surface area contributed by atoms with Crippen LogP contribution in [0.1, 0.15) is 46.0 Å². The van der Waals surface area contributed by atoms with Crippen LogP contribution in [0.5, 0.6) is 0 Å². The van der Waals surface area contributed by atoms with E-state index in [0.717, 1.165) is 32.2 Å². The van der Waals surface area contributed by atoms with E-state index in [1.54, 1.807) is 0 Å². The quantitative estimate of drug-likeness (QED) is 0.755. The lowest BCUT2D eigenvalue weighted by Gasteiger charge is -2.34. The minimum Gasteiger partial charge on any atom is -0.351 e. The molecule has 2 N–H and O–H groups in total. The third kappa shape index (κ3) is 3.21. The Labute approximate surface area is 97.4 Å². The lowest BCUT2D eigenvalue weighted by molar-refractivity contribution is -0.128. The van der Waals surface area contributed by atoms with Gasteiger partial charge < -0.3 is 10.6 Å². The highest BCUT2D eigenvalue weighted by atomic mass is 16.2. The molecule has 1 heterocycles. The number of piperidine rings is 1. The fourth-order valence-corrected chi connectivity index (χ4v) is 2.00. The molecule has 1 amide bonds. The molecule has 2 atom stereocenters. The first-order valence-corrected chi connectivity index (χ1v) is 6.05. The van der Waals surface area contributed by atoms with Crippen molar-refractivity contribution in [2.24, 2.45) is 0 Å². The van der Waals surface area contributed by atoms with Gasteiger partial charge in [0, 0.05) is 6.04 Å². The van der Waals surface area contributed by atoms with Gasteiger partial charge in [0.25, 0.3) is 0 Å². The molecule has 1 rings (SSSR count). The third-order valence-corrected chi connectivity index (χ3v) is 3.29. The highest BCUT2D eigenvalue weighted by molar-refractivity contribution is 5.86. The molecular formula is C12H21N3O.